The predicted molar refractivity (Wildman–Crippen MR) is 48.1 cm³/mol. The van der Waals surface area contributed by atoms with Crippen molar-refractivity contribution in [1.82, 2.24) is 10.2 Å². The Hall–Kier alpha value is -1.43. The van der Waals surface area contributed by atoms with Gasteiger partial charge in [0.05, 0.1) is 0 Å². The first-order valence-corrected chi connectivity index (χ1v) is 4.78. The van der Waals surface area contributed by atoms with E-state index in [-0.39, 0.29) is 13.2 Å². The average molecular weight is 212 g/mol. The van der Waals surface area contributed by atoms with Gasteiger partial charge in [0.25, 0.3) is 0 Å². The molecule has 0 amide bonds. The summed E-state index contributed by atoms with van der Waals surface area (Å²) in [5, 5.41) is 16.0. The molecule has 1 aliphatic carbocycles. The van der Waals surface area contributed by atoms with Gasteiger partial charge in [0.15, 0.2) is 0 Å². The SMILES string of the molecule is CC1CC1c1nnc(COCC(=O)O)o1. The highest BCUT2D eigenvalue weighted by atomic mass is 16.5. The second kappa shape index (κ2) is 3.98. The summed E-state index contributed by atoms with van der Waals surface area (Å²) in [7, 11) is 0. The van der Waals surface area contributed by atoms with Gasteiger partial charge in [0.1, 0.15) is 13.2 Å². The molecular formula is C9H12N2O4. The maximum Gasteiger partial charge on any atom is 0.329 e. The topological polar surface area (TPSA) is 85.5 Å². The largest absolute Gasteiger partial charge is 0.480 e. The average Bonchev–Trinajstić information content (AvgIpc) is 2.73. The highest BCUT2D eigenvalue weighted by molar-refractivity contribution is 5.67. The maximum absolute atomic E-state index is 10.2. The van der Waals surface area contributed by atoms with Crippen LogP contribution in [0.3, 0.4) is 0 Å². The van der Waals surface area contributed by atoms with Gasteiger partial charge in [0.2, 0.25) is 11.8 Å². The second-order valence-electron chi connectivity index (χ2n) is 3.74. The van der Waals surface area contributed by atoms with E-state index in [9.17, 15) is 4.79 Å². The number of aliphatic carboxylic acids is 1. The summed E-state index contributed by atoms with van der Waals surface area (Å²) in [5.74, 6) is 0.955. The Balaban J connectivity index is 1.82. The number of ether oxygens (including phenoxy) is 1. The Kier molecular flexibility index (Phi) is 2.68. The smallest absolute Gasteiger partial charge is 0.329 e. The van der Waals surface area contributed by atoms with Crippen LogP contribution in [-0.4, -0.2) is 27.9 Å². The second-order valence-corrected chi connectivity index (χ2v) is 3.74. The van der Waals surface area contributed by atoms with Crippen LogP contribution in [0.4, 0.5) is 0 Å². The number of aromatic nitrogens is 2. The van der Waals surface area contributed by atoms with Crippen LogP contribution in [-0.2, 0) is 16.1 Å². The zero-order chi connectivity index (χ0) is 10.8. The summed E-state index contributed by atoms with van der Waals surface area (Å²) in [6.45, 7) is 1.83. The van der Waals surface area contributed by atoms with Crippen LogP contribution in [0.25, 0.3) is 0 Å². The molecule has 1 aliphatic rings. The molecule has 82 valence electrons. The van der Waals surface area contributed by atoms with Gasteiger partial charge in [-0.2, -0.15) is 0 Å². The molecule has 2 rings (SSSR count). The van der Waals surface area contributed by atoms with Crippen molar-refractivity contribution < 1.29 is 19.1 Å². The van der Waals surface area contributed by atoms with Crippen molar-refractivity contribution in [3.63, 3.8) is 0 Å². The zero-order valence-electron chi connectivity index (χ0n) is 8.34. The Morgan fingerprint density at radius 1 is 1.67 bits per heavy atom. The minimum Gasteiger partial charge on any atom is -0.480 e. The van der Waals surface area contributed by atoms with Crippen molar-refractivity contribution in [2.24, 2.45) is 5.92 Å². The van der Waals surface area contributed by atoms with Gasteiger partial charge in [0, 0.05) is 5.92 Å². The third-order valence-corrected chi connectivity index (χ3v) is 2.36. The number of nitrogens with zero attached hydrogens (tertiary/aromatic N) is 2. The number of rotatable bonds is 5. The van der Waals surface area contributed by atoms with E-state index in [1.165, 1.54) is 0 Å². The van der Waals surface area contributed by atoms with E-state index in [0.717, 1.165) is 6.42 Å². The number of carboxylic acid groups (broad SMARTS) is 1. The van der Waals surface area contributed by atoms with Crippen molar-refractivity contribution in [2.75, 3.05) is 6.61 Å². The molecule has 0 radical (unpaired) electrons. The standard InChI is InChI=1S/C9H12N2O4/c1-5-2-6(5)9-11-10-7(15-9)3-14-4-8(12)13/h5-6H,2-4H2,1H3,(H,12,13). The van der Waals surface area contributed by atoms with Crippen LogP contribution in [0.1, 0.15) is 31.0 Å². The Bertz CT molecular complexity index is 363. The predicted octanol–water partition coefficient (Wildman–Crippen LogP) is 0.794. The summed E-state index contributed by atoms with van der Waals surface area (Å²) < 4.78 is 10.1. The number of hydrogen-bond acceptors (Lipinski definition) is 5. The lowest BCUT2D eigenvalue weighted by atomic mass is 10.3. The minimum atomic E-state index is -1.01. The monoisotopic (exact) mass is 212 g/mol. The van der Waals surface area contributed by atoms with Gasteiger partial charge in [-0.15, -0.1) is 10.2 Å². The molecule has 0 aliphatic heterocycles. The van der Waals surface area contributed by atoms with Crippen LogP contribution in [0.5, 0.6) is 0 Å². The highest BCUT2D eigenvalue weighted by Crippen LogP contribution is 2.46. The Morgan fingerprint density at radius 2 is 2.40 bits per heavy atom. The normalized spacial score (nSPS) is 24.1. The number of hydrogen-bond donors (Lipinski definition) is 1. The minimum absolute atomic E-state index is 0.0560. The third kappa shape index (κ3) is 2.53. The molecule has 2 unspecified atom stereocenters. The third-order valence-electron chi connectivity index (χ3n) is 2.36. The fraction of sp³-hybridized carbons (Fsp3) is 0.667. The van der Waals surface area contributed by atoms with Crippen molar-refractivity contribution in [3.05, 3.63) is 11.8 Å². The fourth-order valence-corrected chi connectivity index (χ4v) is 1.37. The number of carbonyl (C=O) groups is 1. The Morgan fingerprint density at radius 3 is 3.00 bits per heavy atom. The molecule has 1 N–H and O–H groups in total. The molecule has 0 aromatic carbocycles. The molecule has 1 aromatic heterocycles. The highest BCUT2D eigenvalue weighted by Gasteiger charge is 2.38. The lowest BCUT2D eigenvalue weighted by Crippen LogP contribution is -2.06. The fourth-order valence-electron chi connectivity index (χ4n) is 1.37. The molecule has 2 atom stereocenters. The first-order valence-electron chi connectivity index (χ1n) is 4.78. The maximum atomic E-state index is 10.2. The molecule has 6 heteroatoms. The molecule has 1 fully saturated rings. The van der Waals surface area contributed by atoms with Gasteiger partial charge < -0.3 is 14.3 Å². The quantitative estimate of drug-likeness (QED) is 0.776. The van der Waals surface area contributed by atoms with Gasteiger partial charge in [-0.3, -0.25) is 0 Å². The van der Waals surface area contributed by atoms with E-state index in [2.05, 4.69) is 17.1 Å². The summed E-state index contributed by atoms with van der Waals surface area (Å²) in [6, 6.07) is 0. The summed E-state index contributed by atoms with van der Waals surface area (Å²) >= 11 is 0. The van der Waals surface area contributed by atoms with E-state index in [4.69, 9.17) is 14.3 Å². The van der Waals surface area contributed by atoms with E-state index in [0.29, 0.717) is 23.6 Å². The summed E-state index contributed by atoms with van der Waals surface area (Å²) in [4.78, 5) is 10.2. The lowest BCUT2D eigenvalue weighted by Gasteiger charge is -1.94. The lowest BCUT2D eigenvalue weighted by molar-refractivity contribution is -0.142. The van der Waals surface area contributed by atoms with E-state index in [1.54, 1.807) is 0 Å². The molecule has 6 nitrogen and oxygen atoms in total. The van der Waals surface area contributed by atoms with Crippen LogP contribution in [0.2, 0.25) is 0 Å². The van der Waals surface area contributed by atoms with Crippen LogP contribution in [0, 0.1) is 5.92 Å². The zero-order valence-corrected chi connectivity index (χ0v) is 8.34. The molecular weight excluding hydrogens is 200 g/mol. The first-order chi connectivity index (χ1) is 7.16. The molecule has 15 heavy (non-hydrogen) atoms. The first kappa shape index (κ1) is 10.1. The van der Waals surface area contributed by atoms with Gasteiger partial charge in [-0.05, 0) is 12.3 Å². The van der Waals surface area contributed by atoms with Crippen LogP contribution in [0.15, 0.2) is 4.42 Å². The molecule has 1 saturated carbocycles. The van der Waals surface area contributed by atoms with E-state index >= 15 is 0 Å². The van der Waals surface area contributed by atoms with Crippen LogP contribution >= 0.6 is 0 Å². The van der Waals surface area contributed by atoms with Gasteiger partial charge in [-0.25, -0.2) is 4.79 Å². The molecule has 1 heterocycles. The summed E-state index contributed by atoms with van der Waals surface area (Å²) in [6.07, 6.45) is 1.08. The Labute approximate surface area is 86.3 Å². The van der Waals surface area contributed by atoms with Crippen molar-refractivity contribution in [2.45, 2.75) is 25.9 Å². The van der Waals surface area contributed by atoms with Gasteiger partial charge >= 0.3 is 5.97 Å². The molecule has 0 saturated heterocycles. The van der Waals surface area contributed by atoms with Crippen LogP contribution < -0.4 is 0 Å². The van der Waals surface area contributed by atoms with E-state index in [1.807, 2.05) is 0 Å². The molecule has 0 bridgehead atoms. The molecule has 1 aromatic rings. The molecule has 0 spiro atoms. The van der Waals surface area contributed by atoms with Crippen molar-refractivity contribution in [1.29, 1.82) is 0 Å². The van der Waals surface area contributed by atoms with Gasteiger partial charge in [-0.1, -0.05) is 6.92 Å². The summed E-state index contributed by atoms with van der Waals surface area (Å²) in [5.41, 5.74) is 0. The van der Waals surface area contributed by atoms with Crippen molar-refractivity contribution >= 4 is 5.97 Å². The van der Waals surface area contributed by atoms with Crippen molar-refractivity contribution in [3.8, 4) is 0 Å². The number of carboxylic acids is 1. The van der Waals surface area contributed by atoms with E-state index < -0.39 is 5.97 Å².